The molecule has 0 N–H and O–H groups in total. The Morgan fingerprint density at radius 3 is 2.83 bits per heavy atom. The van der Waals surface area contributed by atoms with Gasteiger partial charge in [0.1, 0.15) is 5.01 Å². The van der Waals surface area contributed by atoms with E-state index in [2.05, 4.69) is 29.3 Å². The number of Topliss-reactive ketones (excluding diaryl/α,β-unsaturated/α-hetero) is 1. The predicted molar refractivity (Wildman–Crippen MR) is 96.7 cm³/mol. The fourth-order valence-electron chi connectivity index (χ4n) is 3.07. The summed E-state index contributed by atoms with van der Waals surface area (Å²) in [5, 5.41) is 11.9. The molecule has 3 nitrogen and oxygen atoms in total. The lowest BCUT2D eigenvalue weighted by molar-refractivity contribution is 0.0982. The number of aromatic nitrogens is 1. The topological polar surface area (TPSA) is 53.8 Å². The Balaban J connectivity index is 1.73. The minimum Gasteiger partial charge on any atom is -0.291 e. The van der Waals surface area contributed by atoms with Crippen LogP contribution in [-0.2, 0) is 12.8 Å². The first-order chi connectivity index (χ1) is 11.7. The highest BCUT2D eigenvalue weighted by Gasteiger charge is 2.28. The summed E-state index contributed by atoms with van der Waals surface area (Å²) < 4.78 is 0. The monoisotopic (exact) mass is 350 g/mol. The zero-order valence-corrected chi connectivity index (χ0v) is 14.7. The van der Waals surface area contributed by atoms with E-state index in [4.69, 9.17) is 0 Å². The molecule has 5 heteroatoms. The summed E-state index contributed by atoms with van der Waals surface area (Å²) in [5.74, 6) is -0.942. The molecular weight excluding hydrogens is 336 g/mol. The van der Waals surface area contributed by atoms with Gasteiger partial charge in [0.2, 0.25) is 0 Å². The molecule has 118 valence electrons. The summed E-state index contributed by atoms with van der Waals surface area (Å²) >= 11 is 2.89. The maximum atomic E-state index is 12.9. The second-order valence-electron chi connectivity index (χ2n) is 5.88. The van der Waals surface area contributed by atoms with E-state index in [0.717, 1.165) is 18.5 Å². The zero-order chi connectivity index (χ0) is 16.7. The number of aryl methyl sites for hydroxylation is 3. The van der Waals surface area contributed by atoms with Crippen molar-refractivity contribution in [3.63, 3.8) is 0 Å². The fourth-order valence-corrected chi connectivity index (χ4v) is 5.14. The molecule has 0 bridgehead atoms. The van der Waals surface area contributed by atoms with Gasteiger partial charge in [0.25, 0.3) is 0 Å². The van der Waals surface area contributed by atoms with E-state index in [1.807, 2.05) is 24.4 Å². The Kier molecular flexibility index (Phi) is 3.79. The molecule has 1 aliphatic rings. The quantitative estimate of drug-likeness (QED) is 0.639. The summed E-state index contributed by atoms with van der Waals surface area (Å²) in [5.41, 5.74) is 4.62. The van der Waals surface area contributed by atoms with E-state index in [1.54, 1.807) is 0 Å². The first-order valence-electron chi connectivity index (χ1n) is 7.74. The summed E-state index contributed by atoms with van der Waals surface area (Å²) in [4.78, 5) is 19.0. The van der Waals surface area contributed by atoms with Crippen LogP contribution in [0.2, 0.25) is 0 Å². The molecule has 3 aromatic rings. The van der Waals surface area contributed by atoms with E-state index in [-0.39, 0.29) is 5.78 Å². The third kappa shape index (κ3) is 2.48. The van der Waals surface area contributed by atoms with Gasteiger partial charge in [0, 0.05) is 16.0 Å². The number of fused-ring (bicyclic) bond motifs is 3. The van der Waals surface area contributed by atoms with Gasteiger partial charge in [-0.15, -0.1) is 22.7 Å². The lowest BCUT2D eigenvalue weighted by atomic mass is 9.91. The summed E-state index contributed by atoms with van der Waals surface area (Å²) in [6.07, 6.45) is 1.95. The molecule has 2 aromatic heterocycles. The number of benzene rings is 1. The van der Waals surface area contributed by atoms with Crippen LogP contribution >= 0.6 is 22.7 Å². The molecule has 1 unspecified atom stereocenters. The standard InChI is InChI=1S/C19H14N2OS2/c1-11-10-23-19(21-11)15(9-20)17(22)16-8-13-7-6-12-4-2-3-5-14(12)18(13)24-16/h2-5,8,10,15H,6-7H2,1H3. The lowest BCUT2D eigenvalue weighted by Crippen LogP contribution is -2.09. The van der Waals surface area contributed by atoms with Crippen molar-refractivity contribution in [2.45, 2.75) is 25.7 Å². The van der Waals surface area contributed by atoms with Crippen molar-refractivity contribution in [3.05, 3.63) is 62.4 Å². The second-order valence-corrected chi connectivity index (χ2v) is 7.82. The number of carbonyl (C=O) groups is 1. The molecule has 0 saturated carbocycles. The first-order valence-corrected chi connectivity index (χ1v) is 9.44. The first kappa shape index (κ1) is 15.3. The van der Waals surface area contributed by atoms with E-state index >= 15 is 0 Å². The third-order valence-electron chi connectivity index (χ3n) is 4.25. The molecule has 1 atom stereocenters. The van der Waals surface area contributed by atoms with Gasteiger partial charge in [0.15, 0.2) is 11.7 Å². The molecule has 2 heterocycles. The van der Waals surface area contributed by atoms with E-state index in [9.17, 15) is 10.1 Å². The highest BCUT2D eigenvalue weighted by molar-refractivity contribution is 7.17. The molecule has 1 aromatic carbocycles. The third-order valence-corrected chi connectivity index (χ3v) is 6.51. The van der Waals surface area contributed by atoms with Crippen molar-refractivity contribution in [2.24, 2.45) is 0 Å². The van der Waals surface area contributed by atoms with Crippen LogP contribution in [0.1, 0.15) is 37.4 Å². The van der Waals surface area contributed by atoms with Crippen molar-refractivity contribution >= 4 is 28.5 Å². The maximum Gasteiger partial charge on any atom is 0.196 e. The van der Waals surface area contributed by atoms with Crippen molar-refractivity contribution < 1.29 is 4.79 Å². The molecule has 4 rings (SSSR count). The van der Waals surface area contributed by atoms with E-state index in [0.29, 0.717) is 9.88 Å². The van der Waals surface area contributed by atoms with Crippen molar-refractivity contribution in [2.75, 3.05) is 0 Å². The number of thiazole rings is 1. The van der Waals surface area contributed by atoms with Gasteiger partial charge in [-0.05, 0) is 42.5 Å². The second kappa shape index (κ2) is 5.97. The number of thiophene rings is 1. The SMILES string of the molecule is Cc1csc(C(C#N)C(=O)c2cc3c(s2)-c2ccccc2CC3)n1. The lowest BCUT2D eigenvalue weighted by Gasteiger charge is -2.15. The Hall–Kier alpha value is -2.29. The van der Waals surface area contributed by atoms with Crippen molar-refractivity contribution in [3.8, 4) is 16.5 Å². The number of nitrogens with zero attached hydrogens (tertiary/aromatic N) is 2. The molecule has 0 radical (unpaired) electrons. The molecular formula is C19H14N2OS2. The number of carbonyl (C=O) groups excluding carboxylic acids is 1. The van der Waals surface area contributed by atoms with E-state index in [1.165, 1.54) is 44.2 Å². The zero-order valence-electron chi connectivity index (χ0n) is 13.1. The van der Waals surface area contributed by atoms with Gasteiger partial charge < -0.3 is 0 Å². The molecule has 24 heavy (non-hydrogen) atoms. The molecule has 0 amide bonds. The number of hydrogen-bond acceptors (Lipinski definition) is 5. The van der Waals surface area contributed by atoms with Gasteiger partial charge in [0.05, 0.1) is 10.9 Å². The summed E-state index contributed by atoms with van der Waals surface area (Å²) in [7, 11) is 0. The highest BCUT2D eigenvalue weighted by Crippen LogP contribution is 2.40. The minimum absolute atomic E-state index is 0.135. The Morgan fingerprint density at radius 2 is 2.08 bits per heavy atom. The maximum absolute atomic E-state index is 12.9. The Bertz CT molecular complexity index is 977. The summed E-state index contributed by atoms with van der Waals surface area (Å²) in [6, 6.07) is 12.5. The van der Waals surface area contributed by atoms with Crippen LogP contribution in [0.5, 0.6) is 0 Å². The molecule has 0 fully saturated rings. The van der Waals surface area contributed by atoms with Crippen molar-refractivity contribution in [1.82, 2.24) is 4.98 Å². The minimum atomic E-state index is -0.806. The van der Waals surface area contributed by atoms with Crippen LogP contribution < -0.4 is 0 Å². The average molecular weight is 350 g/mol. The Morgan fingerprint density at radius 1 is 1.29 bits per heavy atom. The van der Waals surface area contributed by atoms with Crippen LogP contribution in [0.3, 0.4) is 0 Å². The van der Waals surface area contributed by atoms with Gasteiger partial charge in [-0.1, -0.05) is 24.3 Å². The normalized spacial score (nSPS) is 13.7. The van der Waals surface area contributed by atoms with Crippen LogP contribution in [0.15, 0.2) is 35.7 Å². The van der Waals surface area contributed by atoms with E-state index < -0.39 is 5.92 Å². The molecule has 0 aliphatic heterocycles. The fraction of sp³-hybridized carbons (Fsp3) is 0.211. The van der Waals surface area contributed by atoms with Crippen molar-refractivity contribution in [1.29, 1.82) is 5.26 Å². The highest BCUT2D eigenvalue weighted by atomic mass is 32.1. The molecule has 0 saturated heterocycles. The van der Waals surface area contributed by atoms with Crippen LogP contribution in [-0.4, -0.2) is 10.8 Å². The molecule has 0 spiro atoms. The van der Waals surface area contributed by atoms with Gasteiger partial charge >= 0.3 is 0 Å². The molecule has 1 aliphatic carbocycles. The van der Waals surface area contributed by atoms with Gasteiger partial charge in [-0.25, -0.2) is 4.98 Å². The van der Waals surface area contributed by atoms with Crippen LogP contribution in [0.4, 0.5) is 0 Å². The smallest absolute Gasteiger partial charge is 0.196 e. The largest absolute Gasteiger partial charge is 0.291 e. The average Bonchev–Trinajstić information content (AvgIpc) is 3.22. The van der Waals surface area contributed by atoms with Crippen LogP contribution in [0.25, 0.3) is 10.4 Å². The number of rotatable bonds is 3. The summed E-state index contributed by atoms with van der Waals surface area (Å²) in [6.45, 7) is 1.87. The van der Waals surface area contributed by atoms with Crippen LogP contribution in [0, 0.1) is 18.3 Å². The number of nitriles is 1. The number of ketones is 1. The predicted octanol–water partition coefficient (Wildman–Crippen LogP) is 4.77. The van der Waals surface area contributed by atoms with Gasteiger partial charge in [-0.3, -0.25) is 4.79 Å². The van der Waals surface area contributed by atoms with Gasteiger partial charge in [-0.2, -0.15) is 5.26 Å². The Labute approximate surface area is 148 Å². The number of hydrogen-bond donors (Lipinski definition) is 0.